The van der Waals surface area contributed by atoms with E-state index in [2.05, 4.69) is 21.8 Å². The van der Waals surface area contributed by atoms with Gasteiger partial charge in [0, 0.05) is 19.5 Å². The van der Waals surface area contributed by atoms with Crippen molar-refractivity contribution in [2.24, 2.45) is 0 Å². The van der Waals surface area contributed by atoms with Crippen molar-refractivity contribution in [1.29, 1.82) is 0 Å². The van der Waals surface area contributed by atoms with Gasteiger partial charge in [-0.25, -0.2) is 4.79 Å². The van der Waals surface area contributed by atoms with Crippen molar-refractivity contribution in [3.8, 4) is 0 Å². The molecule has 1 fully saturated rings. The van der Waals surface area contributed by atoms with Gasteiger partial charge >= 0.3 is 5.97 Å². The summed E-state index contributed by atoms with van der Waals surface area (Å²) in [7, 11) is 1.36. The van der Waals surface area contributed by atoms with E-state index in [0.29, 0.717) is 25.6 Å². The molecule has 0 aliphatic carbocycles. The Hall–Kier alpha value is -1.47. The highest BCUT2D eigenvalue weighted by molar-refractivity contribution is 5.74. The number of hydrogen-bond acceptors (Lipinski definition) is 7. The molecule has 1 unspecified atom stereocenters. The lowest BCUT2D eigenvalue weighted by Gasteiger charge is -2.30. The molecule has 19 heavy (non-hydrogen) atoms. The van der Waals surface area contributed by atoms with Gasteiger partial charge in [0.25, 0.3) is 0 Å². The number of morpholine rings is 1. The summed E-state index contributed by atoms with van der Waals surface area (Å²) < 4.78 is 15.2. The van der Waals surface area contributed by atoms with Gasteiger partial charge in [0.15, 0.2) is 11.9 Å². The maximum Gasteiger partial charge on any atom is 0.336 e. The fourth-order valence-electron chi connectivity index (χ4n) is 1.99. The van der Waals surface area contributed by atoms with Gasteiger partial charge in [0.05, 0.1) is 20.3 Å². The van der Waals surface area contributed by atoms with E-state index in [9.17, 15) is 4.79 Å². The molecule has 0 radical (unpaired) electrons. The number of nitrogens with zero attached hydrogens (tertiary/aromatic N) is 3. The van der Waals surface area contributed by atoms with E-state index in [0.717, 1.165) is 25.2 Å². The summed E-state index contributed by atoms with van der Waals surface area (Å²) in [5, 5.41) is 3.91. The first-order chi connectivity index (χ1) is 9.22. The van der Waals surface area contributed by atoms with Crippen LogP contribution in [-0.4, -0.2) is 53.9 Å². The molecule has 2 heterocycles. The number of aromatic nitrogens is 2. The Morgan fingerprint density at radius 3 is 3.16 bits per heavy atom. The van der Waals surface area contributed by atoms with Crippen LogP contribution in [0.5, 0.6) is 0 Å². The zero-order chi connectivity index (χ0) is 13.7. The van der Waals surface area contributed by atoms with Crippen molar-refractivity contribution >= 4 is 5.97 Å². The molecule has 7 nitrogen and oxygen atoms in total. The average Bonchev–Trinajstić information content (AvgIpc) is 2.86. The lowest BCUT2D eigenvalue weighted by molar-refractivity contribution is -0.160. The highest BCUT2D eigenvalue weighted by Crippen LogP contribution is 2.11. The summed E-state index contributed by atoms with van der Waals surface area (Å²) in [6, 6.07) is 0. The maximum absolute atomic E-state index is 11.4. The Morgan fingerprint density at radius 2 is 2.42 bits per heavy atom. The SMILES string of the molecule is CCCc1noc(CN2CCOC(C(=O)OC)C2)n1. The molecule has 1 atom stereocenters. The first kappa shape index (κ1) is 14.0. The van der Waals surface area contributed by atoms with Gasteiger partial charge < -0.3 is 14.0 Å². The zero-order valence-electron chi connectivity index (χ0n) is 11.3. The van der Waals surface area contributed by atoms with E-state index in [4.69, 9.17) is 9.26 Å². The van der Waals surface area contributed by atoms with E-state index < -0.39 is 6.10 Å². The van der Waals surface area contributed by atoms with Crippen molar-refractivity contribution < 1.29 is 18.8 Å². The van der Waals surface area contributed by atoms with Crippen LogP contribution in [0.1, 0.15) is 25.1 Å². The quantitative estimate of drug-likeness (QED) is 0.716. The van der Waals surface area contributed by atoms with Crippen LogP contribution in [0.4, 0.5) is 0 Å². The van der Waals surface area contributed by atoms with Crippen LogP contribution in [0.2, 0.25) is 0 Å². The van der Waals surface area contributed by atoms with Crippen LogP contribution in [0.15, 0.2) is 4.52 Å². The first-order valence-corrected chi connectivity index (χ1v) is 6.46. The van der Waals surface area contributed by atoms with Gasteiger partial charge in [-0.1, -0.05) is 12.1 Å². The van der Waals surface area contributed by atoms with E-state index in [1.165, 1.54) is 7.11 Å². The molecule has 1 aromatic heterocycles. The third-order valence-corrected chi connectivity index (χ3v) is 2.96. The molecule has 0 spiro atoms. The smallest absolute Gasteiger partial charge is 0.336 e. The van der Waals surface area contributed by atoms with Crippen LogP contribution >= 0.6 is 0 Å². The molecule has 0 bridgehead atoms. The van der Waals surface area contributed by atoms with Crippen molar-refractivity contribution in [3.05, 3.63) is 11.7 Å². The van der Waals surface area contributed by atoms with E-state index in [1.807, 2.05) is 4.90 Å². The van der Waals surface area contributed by atoms with Gasteiger partial charge in [-0.05, 0) is 6.42 Å². The second-order valence-electron chi connectivity index (χ2n) is 4.47. The number of carbonyl (C=O) groups excluding carboxylic acids is 1. The number of methoxy groups -OCH3 is 1. The maximum atomic E-state index is 11.4. The Morgan fingerprint density at radius 1 is 1.58 bits per heavy atom. The van der Waals surface area contributed by atoms with Gasteiger partial charge in [0.1, 0.15) is 0 Å². The zero-order valence-corrected chi connectivity index (χ0v) is 11.3. The molecule has 106 valence electrons. The van der Waals surface area contributed by atoms with Gasteiger partial charge in [-0.15, -0.1) is 0 Å². The van der Waals surface area contributed by atoms with Crippen LogP contribution in [0.3, 0.4) is 0 Å². The molecule has 1 aromatic rings. The van der Waals surface area contributed by atoms with Gasteiger partial charge in [-0.3, -0.25) is 4.90 Å². The Bertz CT molecular complexity index is 421. The summed E-state index contributed by atoms with van der Waals surface area (Å²) in [4.78, 5) is 17.8. The average molecular weight is 269 g/mol. The van der Waals surface area contributed by atoms with Gasteiger partial charge in [-0.2, -0.15) is 4.98 Å². The monoisotopic (exact) mass is 269 g/mol. The summed E-state index contributed by atoms with van der Waals surface area (Å²) in [5.74, 6) is 0.964. The molecular formula is C12H19N3O4. The van der Waals surface area contributed by atoms with Crippen molar-refractivity contribution in [3.63, 3.8) is 0 Å². The van der Waals surface area contributed by atoms with Crippen molar-refractivity contribution in [2.45, 2.75) is 32.4 Å². The number of rotatable bonds is 5. The Labute approximate surface area is 111 Å². The predicted octanol–water partition coefficient (Wildman–Crippen LogP) is 0.396. The molecule has 0 N–H and O–H groups in total. The second-order valence-corrected chi connectivity index (χ2v) is 4.47. The van der Waals surface area contributed by atoms with E-state index in [1.54, 1.807) is 0 Å². The van der Waals surface area contributed by atoms with Crippen LogP contribution < -0.4 is 0 Å². The van der Waals surface area contributed by atoms with Crippen molar-refractivity contribution in [2.75, 3.05) is 26.8 Å². The minimum atomic E-state index is -0.531. The molecular weight excluding hydrogens is 250 g/mol. The molecule has 1 aliphatic rings. The molecule has 7 heteroatoms. The molecule has 1 aliphatic heterocycles. The minimum Gasteiger partial charge on any atom is -0.467 e. The highest BCUT2D eigenvalue weighted by Gasteiger charge is 2.28. The second kappa shape index (κ2) is 6.63. The lowest BCUT2D eigenvalue weighted by Crippen LogP contribution is -2.46. The van der Waals surface area contributed by atoms with Crippen molar-refractivity contribution in [1.82, 2.24) is 15.0 Å². The lowest BCUT2D eigenvalue weighted by atomic mass is 10.2. The standard InChI is InChI=1S/C12H19N3O4/c1-3-4-10-13-11(19-14-10)8-15-5-6-18-9(7-15)12(16)17-2/h9H,3-8H2,1-2H3. The third-order valence-electron chi connectivity index (χ3n) is 2.96. The number of hydrogen-bond donors (Lipinski definition) is 0. The number of ether oxygens (including phenoxy) is 2. The van der Waals surface area contributed by atoms with E-state index in [-0.39, 0.29) is 5.97 Å². The highest BCUT2D eigenvalue weighted by atomic mass is 16.6. The molecule has 1 saturated heterocycles. The van der Waals surface area contributed by atoms with Crippen LogP contribution in [0.25, 0.3) is 0 Å². The Balaban J connectivity index is 1.89. The number of aryl methyl sites for hydroxylation is 1. The van der Waals surface area contributed by atoms with Crippen LogP contribution in [0, 0.1) is 0 Å². The summed E-state index contributed by atoms with van der Waals surface area (Å²) in [6.07, 6.45) is 1.27. The normalized spacial score (nSPS) is 20.4. The molecule has 0 amide bonds. The predicted molar refractivity (Wildman–Crippen MR) is 65.3 cm³/mol. The number of esters is 1. The first-order valence-electron chi connectivity index (χ1n) is 6.46. The molecule has 0 aromatic carbocycles. The largest absolute Gasteiger partial charge is 0.467 e. The third kappa shape index (κ3) is 3.74. The fourth-order valence-corrected chi connectivity index (χ4v) is 1.99. The fraction of sp³-hybridized carbons (Fsp3) is 0.750. The van der Waals surface area contributed by atoms with Crippen LogP contribution in [-0.2, 0) is 27.2 Å². The van der Waals surface area contributed by atoms with E-state index >= 15 is 0 Å². The number of carbonyl (C=O) groups is 1. The minimum absolute atomic E-state index is 0.345. The molecule has 0 saturated carbocycles. The summed E-state index contributed by atoms with van der Waals surface area (Å²) in [6.45, 7) is 4.32. The summed E-state index contributed by atoms with van der Waals surface area (Å²) in [5.41, 5.74) is 0. The van der Waals surface area contributed by atoms with Gasteiger partial charge in [0.2, 0.25) is 5.89 Å². The Kier molecular flexibility index (Phi) is 4.86. The topological polar surface area (TPSA) is 77.7 Å². The molecule has 2 rings (SSSR count). The summed E-state index contributed by atoms with van der Waals surface area (Å²) >= 11 is 0.